The van der Waals surface area contributed by atoms with Crippen molar-refractivity contribution in [1.82, 2.24) is 9.80 Å². The minimum atomic E-state index is -0.754. The highest BCUT2D eigenvalue weighted by atomic mass is 16.7. The summed E-state index contributed by atoms with van der Waals surface area (Å²) < 4.78 is 43.0. The first-order valence-electron chi connectivity index (χ1n) is 14.0. The Balaban J connectivity index is 0.000000168. The van der Waals surface area contributed by atoms with Crippen LogP contribution >= 0.6 is 0 Å². The summed E-state index contributed by atoms with van der Waals surface area (Å²) in [4.78, 5) is 50.0. The molecule has 11 atom stereocenters. The lowest BCUT2D eigenvalue weighted by Gasteiger charge is -2.40. The predicted octanol–water partition coefficient (Wildman–Crippen LogP) is 1.52. The standard InChI is InChI=1S/C14H21NO6.C14H19NO6/c2*1-14-9(21-14)5-7-8(11(16)18-4)6-19-12(10(7)14)20-13(17)15(2)3/h7-10,12H,5-6H2,1-4H3;6-7,9-10,12H,5H2,1-4H3. The number of ether oxygens (including phenoxy) is 8. The van der Waals surface area contributed by atoms with E-state index in [0.717, 1.165) is 6.42 Å². The summed E-state index contributed by atoms with van der Waals surface area (Å²) in [6, 6.07) is 0. The number of amides is 2. The van der Waals surface area contributed by atoms with Gasteiger partial charge < -0.3 is 47.7 Å². The van der Waals surface area contributed by atoms with Crippen LogP contribution in [0.3, 0.4) is 0 Å². The summed E-state index contributed by atoms with van der Waals surface area (Å²) >= 11 is 0. The molecule has 11 unspecified atom stereocenters. The van der Waals surface area contributed by atoms with Crippen molar-refractivity contribution in [2.24, 2.45) is 29.6 Å². The second kappa shape index (κ2) is 10.9. The maximum absolute atomic E-state index is 11.9. The van der Waals surface area contributed by atoms with Crippen LogP contribution in [0.2, 0.25) is 0 Å². The van der Waals surface area contributed by atoms with Gasteiger partial charge in [0.2, 0.25) is 6.29 Å². The molecule has 2 amide bonds. The molecule has 3 saturated heterocycles. The molecular weight excluding hydrogens is 556 g/mol. The van der Waals surface area contributed by atoms with Gasteiger partial charge in [0.15, 0.2) is 0 Å². The zero-order chi connectivity index (χ0) is 30.7. The number of rotatable bonds is 4. The summed E-state index contributed by atoms with van der Waals surface area (Å²) in [6.45, 7) is 4.16. The van der Waals surface area contributed by atoms with Gasteiger partial charge in [-0.15, -0.1) is 0 Å². The van der Waals surface area contributed by atoms with Crippen LogP contribution < -0.4 is 0 Å². The van der Waals surface area contributed by atoms with Gasteiger partial charge in [-0.2, -0.15) is 0 Å². The molecule has 6 aliphatic rings. The second-order valence-electron chi connectivity index (χ2n) is 12.3. The monoisotopic (exact) mass is 596 g/mol. The van der Waals surface area contributed by atoms with E-state index in [-0.39, 0.29) is 60.0 Å². The van der Waals surface area contributed by atoms with E-state index in [1.54, 1.807) is 28.2 Å². The van der Waals surface area contributed by atoms with Crippen LogP contribution in [-0.2, 0) is 47.5 Å². The van der Waals surface area contributed by atoms with E-state index >= 15 is 0 Å². The highest BCUT2D eigenvalue weighted by Crippen LogP contribution is 2.62. The average Bonchev–Trinajstić information content (AvgIpc) is 3.73. The molecule has 2 aliphatic carbocycles. The number of carbonyl (C=O) groups is 4. The van der Waals surface area contributed by atoms with Crippen LogP contribution in [0.5, 0.6) is 0 Å². The normalized spacial score (nSPS) is 41.4. The molecule has 2 saturated carbocycles. The van der Waals surface area contributed by atoms with Crippen molar-refractivity contribution in [3.05, 3.63) is 11.8 Å². The third kappa shape index (κ3) is 5.06. The minimum absolute atomic E-state index is 0.0647. The highest BCUT2D eigenvalue weighted by Gasteiger charge is 2.72. The summed E-state index contributed by atoms with van der Waals surface area (Å²) in [5.74, 6) is -1.35. The molecule has 0 aromatic carbocycles. The van der Waals surface area contributed by atoms with Crippen LogP contribution in [0.4, 0.5) is 9.59 Å². The Bertz CT molecular complexity index is 1160. The quantitative estimate of drug-likeness (QED) is 0.262. The molecule has 0 spiro atoms. The largest absolute Gasteiger partial charge is 0.469 e. The molecule has 6 rings (SSSR count). The number of carbonyl (C=O) groups excluding carboxylic acids is 4. The molecule has 14 heteroatoms. The van der Waals surface area contributed by atoms with Gasteiger partial charge in [0, 0.05) is 34.1 Å². The van der Waals surface area contributed by atoms with Crippen LogP contribution in [0.25, 0.3) is 0 Å². The zero-order valence-corrected chi connectivity index (χ0v) is 25.2. The fraction of sp³-hybridized carbons (Fsp3) is 0.786. The Morgan fingerprint density at radius 3 is 1.98 bits per heavy atom. The number of epoxide rings is 2. The first-order valence-corrected chi connectivity index (χ1v) is 14.0. The van der Waals surface area contributed by atoms with E-state index < -0.39 is 36.3 Å². The Labute approximate surface area is 244 Å². The SMILES string of the molecule is COC(=O)C1=COC(OC(=O)N(C)C)C2C1CC1OC12C.COC(=O)C1COC(OC(=O)N(C)C)C2C1CC1OC12C. The molecule has 5 fully saturated rings. The van der Waals surface area contributed by atoms with E-state index in [1.165, 1.54) is 30.3 Å². The molecule has 4 aliphatic heterocycles. The fourth-order valence-corrected chi connectivity index (χ4v) is 7.03. The average molecular weight is 597 g/mol. The Hall–Kier alpha value is -3.10. The van der Waals surface area contributed by atoms with Gasteiger partial charge in [0.1, 0.15) is 11.2 Å². The summed E-state index contributed by atoms with van der Waals surface area (Å²) in [6.07, 6.45) is 0.657. The lowest BCUT2D eigenvalue weighted by molar-refractivity contribution is -0.216. The molecule has 0 aromatic heterocycles. The molecule has 0 aromatic rings. The molecule has 0 radical (unpaired) electrons. The van der Waals surface area contributed by atoms with Crippen molar-refractivity contribution in [2.75, 3.05) is 49.0 Å². The van der Waals surface area contributed by atoms with Gasteiger partial charge in [-0.25, -0.2) is 14.4 Å². The van der Waals surface area contributed by atoms with Gasteiger partial charge in [-0.3, -0.25) is 4.79 Å². The number of fused-ring (bicyclic) bond motifs is 6. The van der Waals surface area contributed by atoms with Crippen LogP contribution in [-0.4, -0.2) is 119 Å². The van der Waals surface area contributed by atoms with E-state index in [1.807, 2.05) is 13.8 Å². The van der Waals surface area contributed by atoms with Crippen molar-refractivity contribution in [3.8, 4) is 0 Å². The molecule has 234 valence electrons. The van der Waals surface area contributed by atoms with E-state index in [9.17, 15) is 19.2 Å². The first-order chi connectivity index (χ1) is 19.8. The molecule has 14 nitrogen and oxygen atoms in total. The Kier molecular flexibility index (Phi) is 7.86. The number of esters is 2. The van der Waals surface area contributed by atoms with Crippen molar-refractivity contribution in [3.63, 3.8) is 0 Å². The van der Waals surface area contributed by atoms with Crippen molar-refractivity contribution in [2.45, 2.75) is 62.7 Å². The van der Waals surface area contributed by atoms with Crippen molar-refractivity contribution >= 4 is 24.1 Å². The van der Waals surface area contributed by atoms with E-state index in [2.05, 4.69) is 0 Å². The third-order valence-electron chi connectivity index (χ3n) is 9.49. The lowest BCUT2D eigenvalue weighted by Crippen LogP contribution is -2.50. The maximum atomic E-state index is 11.9. The van der Waals surface area contributed by atoms with Crippen molar-refractivity contribution < 1.29 is 57.1 Å². The Morgan fingerprint density at radius 1 is 0.833 bits per heavy atom. The van der Waals surface area contributed by atoms with Gasteiger partial charge >= 0.3 is 24.1 Å². The van der Waals surface area contributed by atoms with Gasteiger partial charge in [0.05, 0.1) is 62.6 Å². The van der Waals surface area contributed by atoms with Crippen LogP contribution in [0, 0.1) is 29.6 Å². The highest BCUT2D eigenvalue weighted by molar-refractivity contribution is 5.89. The summed E-state index contributed by atoms with van der Waals surface area (Å²) in [5.41, 5.74) is -0.291. The Morgan fingerprint density at radius 2 is 1.40 bits per heavy atom. The van der Waals surface area contributed by atoms with E-state index in [0.29, 0.717) is 12.0 Å². The van der Waals surface area contributed by atoms with Crippen molar-refractivity contribution in [1.29, 1.82) is 0 Å². The molecule has 0 bridgehead atoms. The van der Waals surface area contributed by atoms with Crippen LogP contribution in [0.15, 0.2) is 11.8 Å². The zero-order valence-electron chi connectivity index (χ0n) is 25.2. The molecule has 42 heavy (non-hydrogen) atoms. The maximum Gasteiger partial charge on any atom is 0.412 e. The molecule has 4 heterocycles. The predicted molar refractivity (Wildman–Crippen MR) is 140 cm³/mol. The number of nitrogens with zero attached hydrogens (tertiary/aromatic N) is 2. The number of hydrogen-bond acceptors (Lipinski definition) is 12. The number of methoxy groups -OCH3 is 2. The fourth-order valence-electron chi connectivity index (χ4n) is 7.03. The topological polar surface area (TPSA) is 155 Å². The second-order valence-corrected chi connectivity index (χ2v) is 12.3. The van der Waals surface area contributed by atoms with E-state index in [4.69, 9.17) is 37.9 Å². The lowest BCUT2D eigenvalue weighted by atomic mass is 9.78. The summed E-state index contributed by atoms with van der Waals surface area (Å²) in [7, 11) is 9.16. The molecular formula is C28H40N2O12. The van der Waals surface area contributed by atoms with Gasteiger partial charge in [-0.05, 0) is 32.6 Å². The summed E-state index contributed by atoms with van der Waals surface area (Å²) in [5, 5.41) is 0. The van der Waals surface area contributed by atoms with Gasteiger partial charge in [-0.1, -0.05) is 0 Å². The first kappa shape index (κ1) is 30.4. The third-order valence-corrected chi connectivity index (χ3v) is 9.49. The van der Waals surface area contributed by atoms with Gasteiger partial charge in [0.25, 0.3) is 6.29 Å². The number of hydrogen-bond donors (Lipinski definition) is 0. The minimum Gasteiger partial charge on any atom is -0.469 e. The molecule has 0 N–H and O–H groups in total. The smallest absolute Gasteiger partial charge is 0.412 e. The van der Waals surface area contributed by atoms with Crippen LogP contribution in [0.1, 0.15) is 26.7 Å².